The molecule has 0 aliphatic carbocycles. The quantitative estimate of drug-likeness (QED) is 0.214. The molecular formula is C27H33N5O3. The highest BCUT2D eigenvalue weighted by atomic mass is 16.4. The summed E-state index contributed by atoms with van der Waals surface area (Å²) in [6, 6.07) is 16.6. The van der Waals surface area contributed by atoms with Crippen molar-refractivity contribution >= 4 is 28.5 Å². The van der Waals surface area contributed by atoms with Crippen molar-refractivity contribution in [3.63, 3.8) is 0 Å². The Balaban J connectivity index is 1.63. The molecule has 0 spiro atoms. The van der Waals surface area contributed by atoms with Crippen LogP contribution in [0.2, 0.25) is 0 Å². The molecule has 1 aliphatic heterocycles. The van der Waals surface area contributed by atoms with Gasteiger partial charge in [0.2, 0.25) is 0 Å². The van der Waals surface area contributed by atoms with Crippen LogP contribution < -0.4 is 16.4 Å². The number of nitrogens with one attached hydrogen (secondary N) is 3. The molecular weight excluding hydrogens is 442 g/mol. The number of nitrogens with zero attached hydrogens (tertiary/aromatic N) is 1. The second kappa shape index (κ2) is 10.4. The van der Waals surface area contributed by atoms with Crippen molar-refractivity contribution in [1.82, 2.24) is 15.2 Å². The molecule has 8 nitrogen and oxygen atoms in total. The topological polar surface area (TPSA) is 133 Å². The molecule has 0 radical (unpaired) electrons. The van der Waals surface area contributed by atoms with Crippen LogP contribution in [0.1, 0.15) is 49.0 Å². The van der Waals surface area contributed by atoms with E-state index < -0.39 is 17.6 Å². The largest absolute Gasteiger partial charge is 0.480 e. The molecule has 184 valence electrons. The zero-order valence-corrected chi connectivity index (χ0v) is 20.0. The Labute approximate surface area is 205 Å². The number of rotatable bonds is 11. The standard InChI is InChI=1S/C27H33N5O3/c1-2-32-21(15-19-9-10-20(26(28)29)16-22(19)32)11-13-27(12-6-14-31-27)25(35)24(30-17-23(33)34)18-7-4-3-5-8-18/h3-5,7-10,15-16,24,30-31H,2,6,11-14,17H2,1H3,(H3,28,29)(H,33,34)/t24-,27-/m1/s1. The number of hydrogen-bond acceptors (Lipinski definition) is 5. The van der Waals surface area contributed by atoms with Crippen LogP contribution in [0.15, 0.2) is 54.6 Å². The minimum atomic E-state index is -0.996. The zero-order chi connectivity index (χ0) is 25.0. The van der Waals surface area contributed by atoms with Crippen molar-refractivity contribution in [2.24, 2.45) is 5.73 Å². The molecule has 2 atom stereocenters. The van der Waals surface area contributed by atoms with E-state index >= 15 is 0 Å². The van der Waals surface area contributed by atoms with Crippen LogP contribution in [0.4, 0.5) is 0 Å². The van der Waals surface area contributed by atoms with E-state index in [0.29, 0.717) is 24.8 Å². The van der Waals surface area contributed by atoms with Crippen LogP contribution in [0, 0.1) is 5.41 Å². The summed E-state index contributed by atoms with van der Waals surface area (Å²) in [4.78, 5) is 25.3. The van der Waals surface area contributed by atoms with Gasteiger partial charge >= 0.3 is 5.97 Å². The Morgan fingerprint density at radius 2 is 2.00 bits per heavy atom. The molecule has 0 amide bonds. The summed E-state index contributed by atoms with van der Waals surface area (Å²) < 4.78 is 2.21. The number of carboxylic acids is 1. The predicted octanol–water partition coefficient (Wildman–Crippen LogP) is 2.98. The number of aliphatic carboxylic acids is 1. The number of fused-ring (bicyclic) bond motifs is 1. The highest BCUT2D eigenvalue weighted by Crippen LogP contribution is 2.33. The summed E-state index contributed by atoms with van der Waals surface area (Å²) in [5.74, 6) is -0.970. The van der Waals surface area contributed by atoms with Gasteiger partial charge in [0.25, 0.3) is 0 Å². The van der Waals surface area contributed by atoms with Gasteiger partial charge in [-0.05, 0) is 62.2 Å². The van der Waals surface area contributed by atoms with E-state index in [1.807, 2.05) is 48.5 Å². The lowest BCUT2D eigenvalue weighted by Crippen LogP contribution is -2.53. The first-order valence-electron chi connectivity index (χ1n) is 12.1. The lowest BCUT2D eigenvalue weighted by Gasteiger charge is -2.33. The summed E-state index contributed by atoms with van der Waals surface area (Å²) in [5.41, 5.74) is 8.58. The first-order chi connectivity index (χ1) is 16.8. The third-order valence-corrected chi connectivity index (χ3v) is 6.99. The van der Waals surface area contributed by atoms with E-state index in [-0.39, 0.29) is 18.2 Å². The van der Waals surface area contributed by atoms with Gasteiger partial charge in [0.15, 0.2) is 5.78 Å². The van der Waals surface area contributed by atoms with Crippen molar-refractivity contribution in [3.8, 4) is 0 Å². The summed E-state index contributed by atoms with van der Waals surface area (Å²) >= 11 is 0. The molecule has 1 saturated heterocycles. The molecule has 3 aromatic rings. The number of hydrogen-bond donors (Lipinski definition) is 5. The molecule has 35 heavy (non-hydrogen) atoms. The van der Waals surface area contributed by atoms with E-state index in [9.17, 15) is 14.7 Å². The SMILES string of the molecule is CCn1c(CC[C@@]2(C(=O)[C@H](NCC(=O)O)c3ccccc3)CCCN2)cc2ccc(C(=N)N)cc21. The van der Waals surface area contributed by atoms with Crippen molar-refractivity contribution in [2.75, 3.05) is 13.1 Å². The molecule has 1 fully saturated rings. The maximum absolute atomic E-state index is 14.0. The summed E-state index contributed by atoms with van der Waals surface area (Å²) in [6.07, 6.45) is 2.91. The van der Waals surface area contributed by atoms with Crippen LogP contribution in [0.25, 0.3) is 10.9 Å². The van der Waals surface area contributed by atoms with Crippen LogP contribution in [0.5, 0.6) is 0 Å². The van der Waals surface area contributed by atoms with E-state index in [0.717, 1.165) is 41.7 Å². The lowest BCUT2D eigenvalue weighted by molar-refractivity contribution is -0.136. The molecule has 1 aromatic heterocycles. The van der Waals surface area contributed by atoms with Crippen LogP contribution in [0.3, 0.4) is 0 Å². The Morgan fingerprint density at radius 3 is 2.63 bits per heavy atom. The number of aryl methyl sites for hydroxylation is 2. The number of Topliss-reactive ketones (excluding diaryl/α,β-unsaturated/α-hetero) is 1. The van der Waals surface area contributed by atoms with E-state index in [2.05, 4.69) is 28.2 Å². The number of benzene rings is 2. The van der Waals surface area contributed by atoms with Crippen molar-refractivity contribution in [2.45, 2.75) is 50.7 Å². The summed E-state index contributed by atoms with van der Waals surface area (Å²) in [6.45, 7) is 3.32. The average Bonchev–Trinajstić information content (AvgIpc) is 3.47. The molecule has 0 unspecified atom stereocenters. The van der Waals surface area contributed by atoms with E-state index in [1.54, 1.807) is 0 Å². The third-order valence-electron chi connectivity index (χ3n) is 6.99. The number of nitrogen functional groups attached to an aromatic ring is 1. The van der Waals surface area contributed by atoms with E-state index in [4.69, 9.17) is 11.1 Å². The maximum Gasteiger partial charge on any atom is 0.317 e. The Hall–Kier alpha value is -3.49. The highest BCUT2D eigenvalue weighted by Gasteiger charge is 2.44. The molecule has 4 rings (SSSR count). The Bertz CT molecular complexity index is 1230. The first kappa shape index (κ1) is 24.6. The summed E-state index contributed by atoms with van der Waals surface area (Å²) in [7, 11) is 0. The number of amidine groups is 1. The Morgan fingerprint density at radius 1 is 1.23 bits per heavy atom. The average molecular weight is 476 g/mol. The number of aromatic nitrogens is 1. The highest BCUT2D eigenvalue weighted by molar-refractivity contribution is 5.99. The van der Waals surface area contributed by atoms with Crippen LogP contribution >= 0.6 is 0 Å². The van der Waals surface area contributed by atoms with Crippen molar-refractivity contribution < 1.29 is 14.7 Å². The van der Waals surface area contributed by atoms with Crippen molar-refractivity contribution in [3.05, 3.63) is 71.4 Å². The van der Waals surface area contributed by atoms with Gasteiger partial charge in [-0.2, -0.15) is 0 Å². The van der Waals surface area contributed by atoms with Gasteiger partial charge in [-0.25, -0.2) is 0 Å². The lowest BCUT2D eigenvalue weighted by atomic mass is 9.81. The fourth-order valence-electron chi connectivity index (χ4n) is 5.23. The number of nitrogens with two attached hydrogens (primary N) is 1. The van der Waals surface area contributed by atoms with Crippen LogP contribution in [-0.4, -0.2) is 45.9 Å². The van der Waals surface area contributed by atoms with Gasteiger partial charge in [0.05, 0.1) is 18.1 Å². The molecule has 8 heteroatoms. The molecule has 2 aromatic carbocycles. The molecule has 6 N–H and O–H groups in total. The number of carbonyl (C=O) groups excluding carboxylic acids is 1. The van der Waals surface area contributed by atoms with Crippen molar-refractivity contribution in [1.29, 1.82) is 5.41 Å². The molecule has 1 aliphatic rings. The number of carbonyl (C=O) groups is 2. The van der Waals surface area contributed by atoms with E-state index in [1.165, 1.54) is 0 Å². The smallest absolute Gasteiger partial charge is 0.317 e. The Kier molecular flexibility index (Phi) is 7.33. The van der Waals surface area contributed by atoms with Gasteiger partial charge in [-0.1, -0.05) is 42.5 Å². The number of carboxylic acid groups (broad SMARTS) is 1. The minimum absolute atomic E-state index is 0.0134. The second-order valence-electron chi connectivity index (χ2n) is 9.16. The van der Waals surface area contributed by atoms with Gasteiger partial charge in [-0.3, -0.25) is 20.3 Å². The third kappa shape index (κ3) is 5.13. The second-order valence-corrected chi connectivity index (χ2v) is 9.16. The number of ketones is 1. The van der Waals surface area contributed by atoms with Gasteiger partial charge < -0.3 is 20.7 Å². The van der Waals surface area contributed by atoms with Gasteiger partial charge in [0.1, 0.15) is 5.84 Å². The van der Waals surface area contributed by atoms with Gasteiger partial charge in [0, 0.05) is 23.3 Å². The fraction of sp³-hybridized carbons (Fsp3) is 0.370. The maximum atomic E-state index is 14.0. The monoisotopic (exact) mass is 475 g/mol. The predicted molar refractivity (Wildman–Crippen MR) is 137 cm³/mol. The molecule has 0 bridgehead atoms. The zero-order valence-electron chi connectivity index (χ0n) is 20.0. The minimum Gasteiger partial charge on any atom is -0.480 e. The fourth-order valence-corrected chi connectivity index (χ4v) is 5.23. The summed E-state index contributed by atoms with van der Waals surface area (Å²) in [5, 5.41) is 24.5. The molecule has 2 heterocycles. The first-order valence-corrected chi connectivity index (χ1v) is 12.1. The molecule has 0 saturated carbocycles. The van der Waals surface area contributed by atoms with Gasteiger partial charge in [-0.15, -0.1) is 0 Å². The normalized spacial score (nSPS) is 18.5. The van der Waals surface area contributed by atoms with Crippen LogP contribution in [-0.2, 0) is 22.6 Å².